The number of oxazole rings is 1. The van der Waals surface area contributed by atoms with Crippen molar-refractivity contribution in [3.63, 3.8) is 0 Å². The van der Waals surface area contributed by atoms with E-state index in [4.69, 9.17) is 4.42 Å². The maximum absolute atomic E-state index is 11.4. The third-order valence-electron chi connectivity index (χ3n) is 2.41. The first-order valence-electron chi connectivity index (χ1n) is 5.02. The number of benzene rings is 1. The fraction of sp³-hybridized carbons (Fsp3) is 0.250. The monoisotopic (exact) mass is 203 g/mol. The molecule has 0 saturated heterocycles. The van der Waals surface area contributed by atoms with Gasteiger partial charge in [0.1, 0.15) is 6.26 Å². The maximum atomic E-state index is 11.4. The average molecular weight is 203 g/mol. The highest BCUT2D eigenvalue weighted by Gasteiger charge is 2.06. The lowest BCUT2D eigenvalue weighted by Crippen LogP contribution is -2.17. The van der Waals surface area contributed by atoms with Crippen LogP contribution in [0.5, 0.6) is 0 Å². The molecule has 0 N–H and O–H groups in total. The molecule has 0 bridgehead atoms. The summed E-state index contributed by atoms with van der Waals surface area (Å²) in [5.74, 6) is -0.282. The van der Waals surface area contributed by atoms with Crippen molar-refractivity contribution < 1.29 is 4.42 Å². The fourth-order valence-electron chi connectivity index (χ4n) is 1.57. The number of nitrogens with zero attached hydrogens (tertiary/aromatic N) is 1. The summed E-state index contributed by atoms with van der Waals surface area (Å²) in [5.41, 5.74) is 2.04. The summed E-state index contributed by atoms with van der Waals surface area (Å²) in [7, 11) is 0. The van der Waals surface area contributed by atoms with Crippen molar-refractivity contribution in [2.24, 2.45) is 0 Å². The molecular weight excluding hydrogens is 190 g/mol. The quantitative estimate of drug-likeness (QED) is 0.765. The Morgan fingerprint density at radius 2 is 2.00 bits per heavy atom. The van der Waals surface area contributed by atoms with Crippen molar-refractivity contribution >= 4 is 0 Å². The summed E-state index contributed by atoms with van der Waals surface area (Å²) >= 11 is 0. The van der Waals surface area contributed by atoms with Gasteiger partial charge in [-0.2, -0.15) is 0 Å². The maximum Gasteiger partial charge on any atom is 0.419 e. The molecule has 0 aliphatic carbocycles. The van der Waals surface area contributed by atoms with E-state index in [1.165, 1.54) is 6.26 Å². The Bertz CT molecular complexity index is 482. The molecule has 0 spiro atoms. The number of hydrogen-bond acceptors (Lipinski definition) is 2. The molecule has 2 rings (SSSR count). The van der Waals surface area contributed by atoms with Crippen molar-refractivity contribution in [2.45, 2.75) is 19.9 Å². The normalized spacial score (nSPS) is 10.5. The van der Waals surface area contributed by atoms with E-state index in [9.17, 15) is 4.79 Å². The molecule has 0 saturated carbocycles. The molecule has 0 aliphatic heterocycles. The van der Waals surface area contributed by atoms with E-state index in [2.05, 4.69) is 0 Å². The second-order valence-electron chi connectivity index (χ2n) is 3.42. The van der Waals surface area contributed by atoms with Gasteiger partial charge in [-0.1, -0.05) is 37.3 Å². The summed E-state index contributed by atoms with van der Waals surface area (Å²) < 4.78 is 6.53. The first-order chi connectivity index (χ1) is 7.31. The summed E-state index contributed by atoms with van der Waals surface area (Å²) in [6.07, 6.45) is 2.34. The van der Waals surface area contributed by atoms with E-state index in [1.807, 2.05) is 37.3 Å². The van der Waals surface area contributed by atoms with Crippen molar-refractivity contribution in [1.29, 1.82) is 0 Å². The molecule has 0 atom stereocenters. The highest BCUT2D eigenvalue weighted by molar-refractivity contribution is 5.15. The Kier molecular flexibility index (Phi) is 2.72. The molecule has 1 aromatic carbocycles. The van der Waals surface area contributed by atoms with Gasteiger partial charge in [0.2, 0.25) is 0 Å². The number of hydrogen-bond donors (Lipinski definition) is 0. The van der Waals surface area contributed by atoms with Crippen LogP contribution in [-0.2, 0) is 13.0 Å². The number of rotatable bonds is 3. The van der Waals surface area contributed by atoms with Crippen LogP contribution >= 0.6 is 0 Å². The standard InChI is InChI=1S/C12H13NO2/c1-2-11-9-15-12(14)13(11)8-10-6-4-3-5-7-10/h3-7,9H,2,8H2,1H3. The Balaban J connectivity index is 2.32. The summed E-state index contributed by atoms with van der Waals surface area (Å²) in [6.45, 7) is 2.59. The van der Waals surface area contributed by atoms with Crippen LogP contribution in [0, 0.1) is 0 Å². The van der Waals surface area contributed by atoms with Crippen LogP contribution in [0.2, 0.25) is 0 Å². The van der Waals surface area contributed by atoms with Crippen LogP contribution < -0.4 is 5.76 Å². The van der Waals surface area contributed by atoms with Gasteiger partial charge in [-0.05, 0) is 12.0 Å². The van der Waals surface area contributed by atoms with E-state index in [1.54, 1.807) is 4.57 Å². The molecule has 15 heavy (non-hydrogen) atoms. The lowest BCUT2D eigenvalue weighted by atomic mass is 10.2. The highest BCUT2D eigenvalue weighted by Crippen LogP contribution is 2.04. The molecule has 78 valence electrons. The van der Waals surface area contributed by atoms with Crippen molar-refractivity contribution in [3.05, 3.63) is 58.4 Å². The minimum atomic E-state index is -0.282. The molecule has 0 aliphatic rings. The van der Waals surface area contributed by atoms with Gasteiger partial charge < -0.3 is 4.42 Å². The Labute approximate surface area is 88.0 Å². The third kappa shape index (κ3) is 2.01. The first-order valence-corrected chi connectivity index (χ1v) is 5.02. The van der Waals surface area contributed by atoms with E-state index >= 15 is 0 Å². The largest absolute Gasteiger partial charge is 0.419 e. The van der Waals surface area contributed by atoms with Crippen molar-refractivity contribution in [2.75, 3.05) is 0 Å². The molecular formula is C12H13NO2. The van der Waals surface area contributed by atoms with Crippen LogP contribution in [-0.4, -0.2) is 4.57 Å². The zero-order chi connectivity index (χ0) is 10.7. The smallest absolute Gasteiger partial charge is 0.416 e. The summed E-state index contributed by atoms with van der Waals surface area (Å²) in [4.78, 5) is 11.4. The summed E-state index contributed by atoms with van der Waals surface area (Å²) in [5, 5.41) is 0. The third-order valence-corrected chi connectivity index (χ3v) is 2.41. The molecule has 1 aromatic heterocycles. The Hall–Kier alpha value is -1.77. The van der Waals surface area contributed by atoms with E-state index in [0.29, 0.717) is 6.54 Å². The van der Waals surface area contributed by atoms with Crippen LogP contribution in [0.1, 0.15) is 18.2 Å². The van der Waals surface area contributed by atoms with Crippen LogP contribution in [0.4, 0.5) is 0 Å². The van der Waals surface area contributed by atoms with E-state index < -0.39 is 0 Å². The molecule has 0 unspecified atom stereocenters. The fourth-order valence-corrected chi connectivity index (χ4v) is 1.57. The Morgan fingerprint density at radius 3 is 2.67 bits per heavy atom. The van der Waals surface area contributed by atoms with Gasteiger partial charge in [-0.15, -0.1) is 0 Å². The molecule has 3 nitrogen and oxygen atoms in total. The van der Waals surface area contributed by atoms with E-state index in [-0.39, 0.29) is 5.76 Å². The predicted octanol–water partition coefficient (Wildman–Crippen LogP) is 2.05. The lowest BCUT2D eigenvalue weighted by molar-refractivity contribution is 0.487. The molecule has 0 fully saturated rings. The second-order valence-corrected chi connectivity index (χ2v) is 3.42. The molecule has 0 amide bonds. The number of aromatic nitrogens is 1. The highest BCUT2D eigenvalue weighted by atomic mass is 16.4. The van der Waals surface area contributed by atoms with Crippen LogP contribution in [0.15, 0.2) is 45.8 Å². The zero-order valence-corrected chi connectivity index (χ0v) is 8.64. The van der Waals surface area contributed by atoms with Crippen LogP contribution in [0.3, 0.4) is 0 Å². The van der Waals surface area contributed by atoms with Gasteiger partial charge in [0.25, 0.3) is 0 Å². The molecule has 2 aromatic rings. The predicted molar refractivity (Wildman–Crippen MR) is 57.9 cm³/mol. The van der Waals surface area contributed by atoms with E-state index in [0.717, 1.165) is 17.7 Å². The van der Waals surface area contributed by atoms with Gasteiger partial charge in [-0.25, -0.2) is 4.79 Å². The SMILES string of the molecule is CCc1coc(=O)n1Cc1ccccc1. The van der Waals surface area contributed by atoms with Crippen molar-refractivity contribution in [3.8, 4) is 0 Å². The minimum absolute atomic E-state index is 0.282. The molecule has 1 heterocycles. The van der Waals surface area contributed by atoms with Gasteiger partial charge in [0, 0.05) is 0 Å². The van der Waals surface area contributed by atoms with Crippen LogP contribution in [0.25, 0.3) is 0 Å². The van der Waals surface area contributed by atoms with Gasteiger partial charge in [0.15, 0.2) is 0 Å². The average Bonchev–Trinajstić information content (AvgIpc) is 2.62. The lowest BCUT2D eigenvalue weighted by Gasteiger charge is -2.03. The van der Waals surface area contributed by atoms with Crippen molar-refractivity contribution in [1.82, 2.24) is 4.57 Å². The van der Waals surface area contributed by atoms with Gasteiger partial charge >= 0.3 is 5.76 Å². The first kappa shape index (κ1) is 9.77. The topological polar surface area (TPSA) is 35.1 Å². The zero-order valence-electron chi connectivity index (χ0n) is 8.64. The minimum Gasteiger partial charge on any atom is -0.416 e. The number of aryl methyl sites for hydroxylation is 1. The molecule has 0 radical (unpaired) electrons. The second kappa shape index (κ2) is 4.17. The summed E-state index contributed by atoms with van der Waals surface area (Å²) in [6, 6.07) is 9.89. The van der Waals surface area contributed by atoms with Gasteiger partial charge in [-0.3, -0.25) is 4.57 Å². The molecule has 3 heteroatoms. The van der Waals surface area contributed by atoms with Gasteiger partial charge in [0.05, 0.1) is 12.2 Å². The Morgan fingerprint density at radius 1 is 1.27 bits per heavy atom.